The van der Waals surface area contributed by atoms with Gasteiger partial charge in [-0.15, -0.1) is 0 Å². The zero-order chi connectivity index (χ0) is 26.3. The maximum Gasteiger partial charge on any atom is 0.246 e. The van der Waals surface area contributed by atoms with E-state index in [9.17, 15) is 14.3 Å². The summed E-state index contributed by atoms with van der Waals surface area (Å²) in [6.07, 6.45) is 8.67. The Balaban J connectivity index is 1.19. The normalized spacial score (nSPS) is 17.7. The van der Waals surface area contributed by atoms with E-state index in [1.807, 2.05) is 52.0 Å². The van der Waals surface area contributed by atoms with Crippen LogP contribution in [0.25, 0.3) is 5.52 Å². The minimum atomic E-state index is -0.286. The monoisotopic (exact) mass is 521 g/mol. The lowest BCUT2D eigenvalue weighted by Crippen LogP contribution is -2.47. The number of halogens is 1. The van der Waals surface area contributed by atoms with Crippen LogP contribution in [-0.2, 0) is 17.8 Å². The Labute approximate surface area is 222 Å². The van der Waals surface area contributed by atoms with Gasteiger partial charge in [-0.1, -0.05) is 36.4 Å². The lowest BCUT2D eigenvalue weighted by Gasteiger charge is -2.33. The molecule has 5 rings (SSSR count). The van der Waals surface area contributed by atoms with Gasteiger partial charge in [0.05, 0.1) is 12.6 Å². The van der Waals surface area contributed by atoms with E-state index < -0.39 is 0 Å². The van der Waals surface area contributed by atoms with Crippen molar-refractivity contribution in [1.82, 2.24) is 29.3 Å². The Morgan fingerprint density at radius 2 is 1.87 bits per heavy atom. The average Bonchev–Trinajstić information content (AvgIpc) is 3.34. The molecular formula is C28H36FN7O2. The second kappa shape index (κ2) is 12.5. The zero-order valence-electron chi connectivity index (χ0n) is 21.7. The number of aromatic nitrogens is 3. The van der Waals surface area contributed by atoms with Gasteiger partial charge in [-0.05, 0) is 35.6 Å². The third-order valence-electron chi connectivity index (χ3n) is 7.51. The first-order chi connectivity index (χ1) is 18.7. The number of aliphatic hydroxyl groups is 1. The standard InChI is InChI=1S/C28H36FN7O2/c29-10-13-34-16-14-33(15-17-34)11-5-4-8-26(38)35-12-9-24-23(18-35)19-36-27(24)28(30-21-31-36)32-25(20-37)22-6-2-1-3-7-22/h1-4,6-8,19,21,25,37H,5,9-18,20H2,(H,30,31,32)/b8-4+/t25-/m1/s1. The van der Waals surface area contributed by atoms with Crippen molar-refractivity contribution in [3.05, 3.63) is 71.7 Å². The van der Waals surface area contributed by atoms with Gasteiger partial charge in [0.1, 0.15) is 18.5 Å². The van der Waals surface area contributed by atoms with Gasteiger partial charge in [-0.2, -0.15) is 5.10 Å². The molecule has 0 aliphatic carbocycles. The summed E-state index contributed by atoms with van der Waals surface area (Å²) < 4.78 is 14.3. The summed E-state index contributed by atoms with van der Waals surface area (Å²) in [6.45, 7) is 5.95. The Bertz CT molecular complexity index is 1240. The van der Waals surface area contributed by atoms with E-state index in [4.69, 9.17) is 0 Å². The number of amides is 1. The van der Waals surface area contributed by atoms with Crippen LogP contribution in [0.1, 0.15) is 29.2 Å². The Hall–Kier alpha value is -3.34. The molecule has 1 amide bonds. The minimum Gasteiger partial charge on any atom is -0.394 e. The largest absolute Gasteiger partial charge is 0.394 e. The molecule has 0 bridgehead atoms. The number of nitrogens with zero attached hydrogens (tertiary/aromatic N) is 6. The van der Waals surface area contributed by atoms with Crippen molar-refractivity contribution >= 4 is 17.2 Å². The Morgan fingerprint density at radius 3 is 2.61 bits per heavy atom. The number of nitrogens with one attached hydrogen (secondary N) is 1. The summed E-state index contributed by atoms with van der Waals surface area (Å²) in [4.78, 5) is 23.8. The number of piperazine rings is 1. The molecule has 1 fully saturated rings. The molecule has 2 aliphatic rings. The number of rotatable bonds is 10. The van der Waals surface area contributed by atoms with Crippen LogP contribution in [0.2, 0.25) is 0 Å². The molecule has 0 unspecified atom stereocenters. The number of carbonyl (C=O) groups is 1. The predicted octanol–water partition coefficient (Wildman–Crippen LogP) is 2.29. The molecule has 4 heterocycles. The average molecular weight is 522 g/mol. The second-order valence-electron chi connectivity index (χ2n) is 9.90. The fraction of sp³-hybridized carbons (Fsp3) is 0.464. The number of aliphatic hydroxyl groups excluding tert-OH is 1. The summed E-state index contributed by atoms with van der Waals surface area (Å²) in [5.41, 5.74) is 4.08. The van der Waals surface area contributed by atoms with Gasteiger partial charge >= 0.3 is 0 Å². The molecule has 0 saturated carbocycles. The van der Waals surface area contributed by atoms with Gasteiger partial charge in [-0.25, -0.2) is 13.9 Å². The van der Waals surface area contributed by atoms with Crippen LogP contribution in [0, 0.1) is 0 Å². The van der Waals surface area contributed by atoms with Crippen LogP contribution in [0.5, 0.6) is 0 Å². The zero-order valence-corrected chi connectivity index (χ0v) is 21.7. The highest BCUT2D eigenvalue weighted by molar-refractivity contribution is 5.88. The van der Waals surface area contributed by atoms with E-state index in [0.717, 1.165) is 61.4 Å². The molecule has 10 heteroatoms. The van der Waals surface area contributed by atoms with Crippen molar-refractivity contribution in [2.24, 2.45) is 0 Å². The molecule has 9 nitrogen and oxygen atoms in total. The van der Waals surface area contributed by atoms with E-state index >= 15 is 0 Å². The summed E-state index contributed by atoms with van der Waals surface area (Å²) in [6, 6.07) is 9.52. The van der Waals surface area contributed by atoms with E-state index in [2.05, 4.69) is 25.2 Å². The molecule has 1 atom stereocenters. The SMILES string of the molecule is O=C(/C=C/CCN1CCN(CCF)CC1)N1CCc2c(cn3ncnc(N[C@H](CO)c4ccccc4)c23)C1. The smallest absolute Gasteiger partial charge is 0.246 e. The molecule has 1 saturated heterocycles. The lowest BCUT2D eigenvalue weighted by atomic mass is 10.0. The molecule has 38 heavy (non-hydrogen) atoms. The van der Waals surface area contributed by atoms with Gasteiger partial charge < -0.3 is 20.2 Å². The van der Waals surface area contributed by atoms with Crippen molar-refractivity contribution in [3.8, 4) is 0 Å². The van der Waals surface area contributed by atoms with Crippen LogP contribution in [0.3, 0.4) is 0 Å². The summed E-state index contributed by atoms with van der Waals surface area (Å²) in [5, 5.41) is 17.8. The molecule has 2 aromatic heterocycles. The van der Waals surface area contributed by atoms with Crippen molar-refractivity contribution in [2.45, 2.75) is 25.4 Å². The van der Waals surface area contributed by atoms with Gasteiger partial charge in [0, 0.05) is 58.6 Å². The molecular weight excluding hydrogens is 485 g/mol. The van der Waals surface area contributed by atoms with Gasteiger partial charge in [0.2, 0.25) is 5.91 Å². The number of anilines is 1. The predicted molar refractivity (Wildman–Crippen MR) is 145 cm³/mol. The van der Waals surface area contributed by atoms with Crippen LogP contribution in [0.15, 0.2) is 55.0 Å². The summed E-state index contributed by atoms with van der Waals surface area (Å²) in [7, 11) is 0. The first-order valence-corrected chi connectivity index (χ1v) is 13.4. The van der Waals surface area contributed by atoms with Gasteiger partial charge in [0.15, 0.2) is 5.82 Å². The first-order valence-electron chi connectivity index (χ1n) is 13.4. The quantitative estimate of drug-likeness (QED) is 0.396. The molecule has 2 aliphatic heterocycles. The van der Waals surface area contributed by atoms with E-state index in [-0.39, 0.29) is 25.2 Å². The number of benzene rings is 1. The maximum absolute atomic E-state index is 12.9. The van der Waals surface area contributed by atoms with Crippen molar-refractivity contribution in [1.29, 1.82) is 0 Å². The maximum atomic E-state index is 12.9. The third-order valence-corrected chi connectivity index (χ3v) is 7.51. The van der Waals surface area contributed by atoms with Crippen molar-refractivity contribution in [3.63, 3.8) is 0 Å². The van der Waals surface area contributed by atoms with E-state index in [0.29, 0.717) is 31.9 Å². The topological polar surface area (TPSA) is 89.2 Å². The van der Waals surface area contributed by atoms with Gasteiger partial charge in [-0.3, -0.25) is 9.69 Å². The van der Waals surface area contributed by atoms with Crippen LogP contribution in [-0.4, -0.2) is 99.4 Å². The summed E-state index contributed by atoms with van der Waals surface area (Å²) in [5.74, 6) is 0.696. The Kier molecular flexibility index (Phi) is 8.62. The molecule has 1 aromatic carbocycles. The minimum absolute atomic E-state index is 0.0209. The molecule has 2 N–H and O–H groups in total. The van der Waals surface area contributed by atoms with Crippen LogP contribution in [0.4, 0.5) is 10.2 Å². The fourth-order valence-corrected chi connectivity index (χ4v) is 5.35. The second-order valence-corrected chi connectivity index (χ2v) is 9.90. The van der Waals surface area contributed by atoms with Gasteiger partial charge in [0.25, 0.3) is 0 Å². The van der Waals surface area contributed by atoms with Crippen molar-refractivity contribution < 1.29 is 14.3 Å². The van der Waals surface area contributed by atoms with Crippen LogP contribution >= 0.6 is 0 Å². The Morgan fingerprint density at radius 1 is 1.11 bits per heavy atom. The molecule has 0 spiro atoms. The fourth-order valence-electron chi connectivity index (χ4n) is 5.35. The number of carbonyl (C=O) groups excluding carboxylic acids is 1. The lowest BCUT2D eigenvalue weighted by molar-refractivity contribution is -0.126. The number of alkyl halides is 1. The van der Waals surface area contributed by atoms with Crippen molar-refractivity contribution in [2.75, 3.05) is 64.4 Å². The first kappa shape index (κ1) is 26.3. The third kappa shape index (κ3) is 6.03. The van der Waals surface area contributed by atoms with E-state index in [1.54, 1.807) is 6.08 Å². The highest BCUT2D eigenvalue weighted by Gasteiger charge is 2.25. The molecule has 202 valence electrons. The van der Waals surface area contributed by atoms with E-state index in [1.165, 1.54) is 6.33 Å². The highest BCUT2D eigenvalue weighted by atomic mass is 19.1. The molecule has 0 radical (unpaired) electrons. The number of fused-ring (bicyclic) bond motifs is 3. The van der Waals surface area contributed by atoms with Crippen LogP contribution < -0.4 is 5.32 Å². The summed E-state index contributed by atoms with van der Waals surface area (Å²) >= 11 is 0. The number of hydrogen-bond donors (Lipinski definition) is 2. The highest BCUT2D eigenvalue weighted by Crippen LogP contribution is 2.30. The molecule has 3 aromatic rings. The number of hydrogen-bond acceptors (Lipinski definition) is 7.